The highest BCUT2D eigenvalue weighted by Crippen LogP contribution is 2.21. The molecule has 0 saturated carbocycles. The smallest absolute Gasteiger partial charge is 0.179 e. The van der Waals surface area contributed by atoms with Gasteiger partial charge in [-0.1, -0.05) is 0 Å². The van der Waals surface area contributed by atoms with Crippen molar-refractivity contribution in [2.45, 2.75) is 18.9 Å². The molecule has 1 aliphatic rings. The summed E-state index contributed by atoms with van der Waals surface area (Å²) in [7, 11) is 0. The van der Waals surface area contributed by atoms with E-state index in [2.05, 4.69) is 20.5 Å². The van der Waals surface area contributed by atoms with Crippen molar-refractivity contribution in [1.82, 2.24) is 24.9 Å². The normalized spacial score (nSPS) is 21.9. The summed E-state index contributed by atoms with van der Waals surface area (Å²) in [5.74, 6) is 1.000. The van der Waals surface area contributed by atoms with Gasteiger partial charge in [-0.05, 0) is 19.4 Å². The van der Waals surface area contributed by atoms with E-state index in [1.54, 1.807) is 12.4 Å². The topological polar surface area (TPSA) is 55.1 Å². The Morgan fingerprint density at radius 3 is 3.29 bits per heavy atom. The van der Waals surface area contributed by atoms with Crippen LogP contribution in [0.25, 0.3) is 5.65 Å². The summed E-state index contributed by atoms with van der Waals surface area (Å²) in [6.45, 7) is 1.07. The molecule has 5 nitrogen and oxygen atoms in total. The van der Waals surface area contributed by atoms with Crippen LogP contribution in [0.15, 0.2) is 18.6 Å². The van der Waals surface area contributed by atoms with Gasteiger partial charge >= 0.3 is 0 Å². The minimum Gasteiger partial charge on any atom is -0.307 e. The molecule has 0 spiro atoms. The second-order valence-corrected chi connectivity index (χ2v) is 3.51. The van der Waals surface area contributed by atoms with Crippen LogP contribution in [0.2, 0.25) is 0 Å². The van der Waals surface area contributed by atoms with Crippen LogP contribution in [0.4, 0.5) is 0 Å². The summed E-state index contributed by atoms with van der Waals surface area (Å²) in [6, 6.07) is 0.354. The van der Waals surface area contributed by atoms with Crippen molar-refractivity contribution in [1.29, 1.82) is 0 Å². The van der Waals surface area contributed by atoms with Gasteiger partial charge in [0.05, 0.1) is 12.2 Å². The molecule has 1 N–H and O–H groups in total. The Bertz CT molecular complexity index is 443. The molecule has 1 atom stereocenters. The molecule has 3 rings (SSSR count). The van der Waals surface area contributed by atoms with E-state index in [1.165, 1.54) is 6.42 Å². The first-order valence-corrected chi connectivity index (χ1v) is 4.83. The van der Waals surface area contributed by atoms with Crippen molar-refractivity contribution >= 4 is 5.65 Å². The van der Waals surface area contributed by atoms with Crippen LogP contribution in [-0.4, -0.2) is 26.1 Å². The zero-order valence-electron chi connectivity index (χ0n) is 7.72. The maximum absolute atomic E-state index is 4.19. The zero-order valence-corrected chi connectivity index (χ0v) is 7.72. The van der Waals surface area contributed by atoms with Gasteiger partial charge in [0.1, 0.15) is 0 Å². The first-order valence-electron chi connectivity index (χ1n) is 4.83. The Morgan fingerprint density at radius 2 is 2.43 bits per heavy atom. The SMILES string of the molecule is c1cn2c([C@H]3CCCN3)nnc2cn1. The molecule has 14 heavy (non-hydrogen) atoms. The number of fused-ring (bicyclic) bond motifs is 1. The van der Waals surface area contributed by atoms with E-state index in [1.807, 2.05) is 10.6 Å². The monoisotopic (exact) mass is 189 g/mol. The molecule has 2 aromatic rings. The first-order chi connectivity index (χ1) is 6.95. The van der Waals surface area contributed by atoms with E-state index in [-0.39, 0.29) is 0 Å². The van der Waals surface area contributed by atoms with Crippen LogP contribution in [0, 0.1) is 0 Å². The fraction of sp³-hybridized carbons (Fsp3) is 0.444. The molecule has 0 bridgehead atoms. The summed E-state index contributed by atoms with van der Waals surface area (Å²) in [4.78, 5) is 4.01. The second kappa shape index (κ2) is 3.02. The third-order valence-corrected chi connectivity index (χ3v) is 2.61. The lowest BCUT2D eigenvalue weighted by Gasteiger charge is -2.06. The van der Waals surface area contributed by atoms with Gasteiger partial charge in [-0.15, -0.1) is 10.2 Å². The zero-order chi connectivity index (χ0) is 9.38. The Hall–Kier alpha value is -1.49. The average Bonchev–Trinajstić information content (AvgIpc) is 2.85. The highest BCUT2D eigenvalue weighted by Gasteiger charge is 2.21. The molecular weight excluding hydrogens is 178 g/mol. The maximum atomic E-state index is 4.19. The van der Waals surface area contributed by atoms with Crippen molar-refractivity contribution in [2.75, 3.05) is 6.54 Å². The van der Waals surface area contributed by atoms with Crippen LogP contribution in [-0.2, 0) is 0 Å². The van der Waals surface area contributed by atoms with E-state index in [9.17, 15) is 0 Å². The standard InChI is InChI=1S/C9H11N5/c1-2-7(11-3-1)9-13-12-8-6-10-4-5-14(8)9/h4-7,11H,1-3H2/t7-/m1/s1. The molecular formula is C9H11N5. The molecule has 1 aliphatic heterocycles. The summed E-state index contributed by atoms with van der Waals surface area (Å²) in [5.41, 5.74) is 0.816. The molecule has 0 aromatic carbocycles. The van der Waals surface area contributed by atoms with E-state index >= 15 is 0 Å². The van der Waals surface area contributed by atoms with Crippen molar-refractivity contribution in [3.05, 3.63) is 24.4 Å². The van der Waals surface area contributed by atoms with Gasteiger partial charge in [-0.2, -0.15) is 0 Å². The highest BCUT2D eigenvalue weighted by atomic mass is 15.3. The predicted molar refractivity (Wildman–Crippen MR) is 50.8 cm³/mol. The summed E-state index contributed by atoms with van der Waals surface area (Å²) in [5, 5.41) is 11.7. The number of nitrogens with one attached hydrogen (secondary N) is 1. The second-order valence-electron chi connectivity index (χ2n) is 3.51. The van der Waals surface area contributed by atoms with Gasteiger partial charge in [-0.25, -0.2) is 0 Å². The van der Waals surface area contributed by atoms with Crippen LogP contribution >= 0.6 is 0 Å². The lowest BCUT2D eigenvalue weighted by atomic mass is 10.2. The number of hydrogen-bond donors (Lipinski definition) is 1. The van der Waals surface area contributed by atoms with E-state index in [0.717, 1.165) is 24.4 Å². The van der Waals surface area contributed by atoms with Gasteiger partial charge in [0.15, 0.2) is 11.5 Å². The van der Waals surface area contributed by atoms with Crippen molar-refractivity contribution < 1.29 is 0 Å². The van der Waals surface area contributed by atoms with E-state index in [0.29, 0.717) is 6.04 Å². The lowest BCUT2D eigenvalue weighted by molar-refractivity contribution is 0.598. The van der Waals surface area contributed by atoms with Crippen LogP contribution in [0.5, 0.6) is 0 Å². The number of aromatic nitrogens is 4. The molecule has 1 saturated heterocycles. The van der Waals surface area contributed by atoms with E-state index < -0.39 is 0 Å². The maximum Gasteiger partial charge on any atom is 0.179 e. The molecule has 3 heterocycles. The van der Waals surface area contributed by atoms with Crippen molar-refractivity contribution in [3.8, 4) is 0 Å². The summed E-state index contributed by atoms with van der Waals surface area (Å²) >= 11 is 0. The fourth-order valence-corrected chi connectivity index (χ4v) is 1.91. The van der Waals surface area contributed by atoms with Crippen molar-refractivity contribution in [2.24, 2.45) is 0 Å². The Labute approximate surface area is 81.2 Å². The number of nitrogens with zero attached hydrogens (tertiary/aromatic N) is 4. The van der Waals surface area contributed by atoms with Gasteiger partial charge < -0.3 is 5.32 Å². The molecule has 0 amide bonds. The largest absolute Gasteiger partial charge is 0.307 e. The van der Waals surface area contributed by atoms with Crippen LogP contribution < -0.4 is 5.32 Å². The minimum absolute atomic E-state index is 0.354. The third kappa shape index (κ3) is 1.09. The molecule has 0 aliphatic carbocycles. The van der Waals surface area contributed by atoms with Crippen molar-refractivity contribution in [3.63, 3.8) is 0 Å². The van der Waals surface area contributed by atoms with E-state index in [4.69, 9.17) is 0 Å². The quantitative estimate of drug-likeness (QED) is 0.711. The fourth-order valence-electron chi connectivity index (χ4n) is 1.91. The Balaban J connectivity index is 2.11. The third-order valence-electron chi connectivity index (χ3n) is 2.61. The van der Waals surface area contributed by atoms with Crippen LogP contribution in [0.1, 0.15) is 24.7 Å². The predicted octanol–water partition coefficient (Wildman–Crippen LogP) is 0.549. The average molecular weight is 189 g/mol. The van der Waals surface area contributed by atoms with Gasteiger partial charge in [-0.3, -0.25) is 9.38 Å². The lowest BCUT2D eigenvalue weighted by Crippen LogP contribution is -2.15. The molecule has 5 heteroatoms. The molecule has 0 radical (unpaired) electrons. The number of hydrogen-bond acceptors (Lipinski definition) is 4. The van der Waals surface area contributed by atoms with Crippen LogP contribution in [0.3, 0.4) is 0 Å². The Morgan fingerprint density at radius 1 is 1.43 bits per heavy atom. The molecule has 0 unspecified atom stereocenters. The summed E-state index contributed by atoms with van der Waals surface area (Å²) < 4.78 is 2.00. The van der Waals surface area contributed by atoms with Gasteiger partial charge in [0, 0.05) is 12.4 Å². The molecule has 72 valence electrons. The molecule has 2 aromatic heterocycles. The van der Waals surface area contributed by atoms with Gasteiger partial charge in [0.25, 0.3) is 0 Å². The minimum atomic E-state index is 0.354. The molecule has 1 fully saturated rings. The highest BCUT2D eigenvalue weighted by molar-refractivity contribution is 5.34. The number of rotatable bonds is 1. The Kier molecular flexibility index (Phi) is 1.70. The van der Waals surface area contributed by atoms with Gasteiger partial charge in [0.2, 0.25) is 0 Å². The summed E-state index contributed by atoms with van der Waals surface area (Å²) in [6.07, 6.45) is 7.75. The first kappa shape index (κ1) is 7.87.